The lowest BCUT2D eigenvalue weighted by Crippen LogP contribution is -2.57. The highest BCUT2D eigenvalue weighted by molar-refractivity contribution is 5.87. The molecular weight excluding hydrogens is 261 g/mol. The van der Waals surface area contributed by atoms with Gasteiger partial charge in [0.1, 0.15) is 0 Å². The molecule has 0 saturated carbocycles. The van der Waals surface area contributed by atoms with Crippen LogP contribution in [-0.4, -0.2) is 30.6 Å². The number of esters is 1. The molecule has 0 aliphatic rings. The van der Waals surface area contributed by atoms with E-state index in [0.717, 1.165) is 6.92 Å². The largest absolute Gasteiger partial charge is 0.473 e. The molecule has 0 fully saturated rings. The smallest absolute Gasteiger partial charge is 0.393 e. The molecule has 0 amide bonds. The predicted molar refractivity (Wildman–Crippen MR) is 41.7 cm³/mol. The van der Waals surface area contributed by atoms with Gasteiger partial charge in [-0.2, -0.15) is 26.3 Å². The molecule has 2 nitrogen and oxygen atoms in total. The van der Waals surface area contributed by atoms with E-state index in [0.29, 0.717) is 0 Å². The summed E-state index contributed by atoms with van der Waals surface area (Å²) in [6.45, 7) is 0.599. The summed E-state index contributed by atoms with van der Waals surface area (Å²) in [6.07, 6.45) is -5.85. The summed E-state index contributed by atoms with van der Waals surface area (Å²) in [7, 11) is 0. The average Bonchev–Trinajstić information content (AvgIpc) is 2.16. The lowest BCUT2D eigenvalue weighted by atomic mass is 10.1. The van der Waals surface area contributed by atoms with Crippen LogP contribution in [0.3, 0.4) is 0 Å². The molecule has 0 aliphatic carbocycles. The molecule has 0 aliphatic heterocycles. The van der Waals surface area contributed by atoms with E-state index in [9.17, 15) is 35.5 Å². The summed E-state index contributed by atoms with van der Waals surface area (Å²) in [5, 5.41) is 0. The number of halogens is 7. The summed E-state index contributed by atoms with van der Waals surface area (Å²) in [4.78, 5) is 10.5. The number of rotatable bonds is 5. The summed E-state index contributed by atoms with van der Waals surface area (Å²) in [6, 6.07) is 0. The van der Waals surface area contributed by atoms with Gasteiger partial charge in [-0.1, -0.05) is 6.58 Å². The maximum atomic E-state index is 12.6. The molecule has 0 saturated heterocycles. The fraction of sp³-hybridized carbons (Fsp3) is 0.625. The molecule has 0 bridgehead atoms. The van der Waals surface area contributed by atoms with Gasteiger partial charge in [0.25, 0.3) is 0 Å². The lowest BCUT2D eigenvalue weighted by Gasteiger charge is -2.30. The maximum Gasteiger partial charge on any atom is 0.473 e. The summed E-state index contributed by atoms with van der Waals surface area (Å²) in [5.41, 5.74) is -0.705. The normalized spacial score (nSPS) is 13.4. The van der Waals surface area contributed by atoms with Crippen LogP contribution < -0.4 is 0 Å². The molecule has 100 valence electrons. The molecule has 0 radical (unpaired) electrons. The van der Waals surface area contributed by atoms with E-state index in [4.69, 9.17) is 0 Å². The van der Waals surface area contributed by atoms with Crippen LogP contribution in [0, 0.1) is 0 Å². The van der Waals surface area contributed by atoms with Crippen molar-refractivity contribution in [1.82, 2.24) is 0 Å². The highest BCUT2D eigenvalue weighted by Gasteiger charge is 2.74. The lowest BCUT2D eigenvalue weighted by molar-refractivity contribution is -0.385. The minimum Gasteiger partial charge on any atom is -0.393 e. The van der Waals surface area contributed by atoms with Crippen LogP contribution in [-0.2, 0) is 9.53 Å². The first-order chi connectivity index (χ1) is 7.39. The van der Waals surface area contributed by atoms with Crippen molar-refractivity contribution in [2.75, 3.05) is 6.67 Å². The van der Waals surface area contributed by atoms with Crippen molar-refractivity contribution in [3.63, 3.8) is 0 Å². The molecule has 0 rings (SSSR count). The zero-order valence-corrected chi connectivity index (χ0v) is 8.38. The molecule has 0 spiro atoms. The third-order valence-corrected chi connectivity index (χ3v) is 1.56. The molecule has 17 heavy (non-hydrogen) atoms. The first-order valence-electron chi connectivity index (χ1n) is 3.97. The Labute approximate surface area is 91.0 Å². The van der Waals surface area contributed by atoms with Crippen molar-refractivity contribution in [2.24, 2.45) is 0 Å². The van der Waals surface area contributed by atoms with Gasteiger partial charge in [0.15, 0.2) is 6.67 Å². The van der Waals surface area contributed by atoms with Gasteiger partial charge in [0.2, 0.25) is 0 Å². The van der Waals surface area contributed by atoms with Crippen molar-refractivity contribution in [3.8, 4) is 0 Å². The third kappa shape index (κ3) is 2.89. The van der Waals surface area contributed by atoms with Gasteiger partial charge in [-0.3, -0.25) is 0 Å². The van der Waals surface area contributed by atoms with E-state index >= 15 is 0 Å². The van der Waals surface area contributed by atoms with E-state index in [1.807, 2.05) is 0 Å². The van der Waals surface area contributed by atoms with Gasteiger partial charge >= 0.3 is 23.9 Å². The van der Waals surface area contributed by atoms with Gasteiger partial charge in [0, 0.05) is 5.57 Å². The first kappa shape index (κ1) is 15.7. The van der Waals surface area contributed by atoms with Gasteiger partial charge in [-0.05, 0) is 6.92 Å². The van der Waals surface area contributed by atoms with E-state index in [-0.39, 0.29) is 0 Å². The molecule has 0 N–H and O–H groups in total. The van der Waals surface area contributed by atoms with Crippen LogP contribution in [0.1, 0.15) is 6.92 Å². The second kappa shape index (κ2) is 4.53. The number of carbonyl (C=O) groups is 1. The Morgan fingerprint density at radius 3 is 1.88 bits per heavy atom. The quantitative estimate of drug-likeness (QED) is 0.435. The average molecular weight is 268 g/mol. The van der Waals surface area contributed by atoms with Crippen LogP contribution in [0.15, 0.2) is 12.2 Å². The van der Waals surface area contributed by atoms with Gasteiger partial charge in [-0.15, -0.1) is 0 Å². The highest BCUT2D eigenvalue weighted by atomic mass is 19.4. The van der Waals surface area contributed by atoms with Gasteiger partial charge < -0.3 is 4.74 Å². The third-order valence-electron chi connectivity index (χ3n) is 1.56. The topological polar surface area (TPSA) is 26.3 Å². The summed E-state index contributed by atoms with van der Waals surface area (Å²) in [5.74, 6) is -13.8. The van der Waals surface area contributed by atoms with Crippen molar-refractivity contribution in [2.45, 2.75) is 24.9 Å². The minimum absolute atomic E-state index is 0.705. The Morgan fingerprint density at radius 2 is 1.59 bits per heavy atom. The van der Waals surface area contributed by atoms with Crippen molar-refractivity contribution >= 4 is 5.97 Å². The number of hydrogen-bond donors (Lipinski definition) is 0. The second-order valence-corrected chi connectivity index (χ2v) is 3.10. The summed E-state index contributed by atoms with van der Waals surface area (Å²) >= 11 is 0. The fourth-order valence-corrected chi connectivity index (χ4v) is 0.564. The number of alkyl halides is 7. The van der Waals surface area contributed by atoms with Crippen molar-refractivity contribution in [3.05, 3.63) is 12.2 Å². The molecule has 9 heteroatoms. The van der Waals surface area contributed by atoms with Crippen LogP contribution in [0.4, 0.5) is 30.7 Å². The Kier molecular flexibility index (Phi) is 4.19. The molecule has 0 aromatic rings. The number of carbonyl (C=O) groups excluding carboxylic acids is 1. The first-order valence-corrected chi connectivity index (χ1v) is 3.97. The predicted octanol–water partition coefficient (Wildman–Crippen LogP) is 2.94. The van der Waals surface area contributed by atoms with E-state index in [2.05, 4.69) is 11.3 Å². The zero-order valence-electron chi connectivity index (χ0n) is 8.38. The minimum atomic E-state index is -6.17. The molecule has 0 aromatic carbocycles. The Bertz CT molecular complexity index is 324. The standard InChI is InChI=1S/C8H7F7O2/c1-4(2)5(16)17-8(14,15)7(12,13)6(10,11)3-9/h1,3H2,2H3. The van der Waals surface area contributed by atoms with Gasteiger partial charge in [0.05, 0.1) is 0 Å². The maximum absolute atomic E-state index is 12.6. The van der Waals surface area contributed by atoms with Gasteiger partial charge in [-0.25, -0.2) is 9.18 Å². The fourth-order valence-electron chi connectivity index (χ4n) is 0.564. The number of hydrogen-bond acceptors (Lipinski definition) is 2. The van der Waals surface area contributed by atoms with E-state index < -0.39 is 36.2 Å². The zero-order chi connectivity index (χ0) is 14.1. The van der Waals surface area contributed by atoms with Crippen LogP contribution in [0.2, 0.25) is 0 Å². The molecule has 0 atom stereocenters. The van der Waals surface area contributed by atoms with E-state index in [1.54, 1.807) is 0 Å². The SMILES string of the molecule is C=C(C)C(=O)OC(F)(F)C(F)(F)C(F)(F)CF. The highest BCUT2D eigenvalue weighted by Crippen LogP contribution is 2.46. The van der Waals surface area contributed by atoms with E-state index in [1.165, 1.54) is 0 Å². The van der Waals surface area contributed by atoms with Crippen LogP contribution >= 0.6 is 0 Å². The monoisotopic (exact) mass is 268 g/mol. The molecule has 0 heterocycles. The molecular formula is C8H7F7O2. The van der Waals surface area contributed by atoms with Crippen molar-refractivity contribution in [1.29, 1.82) is 0 Å². The Balaban J connectivity index is 5.17. The molecule has 0 aromatic heterocycles. The van der Waals surface area contributed by atoms with Crippen molar-refractivity contribution < 1.29 is 40.3 Å². The van der Waals surface area contributed by atoms with Crippen LogP contribution in [0.5, 0.6) is 0 Å². The Morgan fingerprint density at radius 1 is 1.18 bits per heavy atom. The van der Waals surface area contributed by atoms with Crippen LogP contribution in [0.25, 0.3) is 0 Å². The Hall–Kier alpha value is -1.28. The number of ether oxygens (including phenoxy) is 1. The summed E-state index contributed by atoms with van der Waals surface area (Å²) < 4.78 is 89.3. The second-order valence-electron chi connectivity index (χ2n) is 3.10. The molecule has 0 unspecified atom stereocenters.